The van der Waals surface area contributed by atoms with Crippen molar-refractivity contribution in [1.29, 1.82) is 0 Å². The number of rotatable bonds is 8. The molecule has 1 amide bonds. The van der Waals surface area contributed by atoms with Gasteiger partial charge in [-0.3, -0.25) is 9.79 Å². The van der Waals surface area contributed by atoms with Crippen molar-refractivity contribution in [3.05, 3.63) is 24.2 Å². The van der Waals surface area contributed by atoms with Crippen LogP contribution in [0.4, 0.5) is 0 Å². The summed E-state index contributed by atoms with van der Waals surface area (Å²) in [5, 5.41) is 9.15. The third-order valence-corrected chi connectivity index (χ3v) is 2.77. The second kappa shape index (κ2) is 9.85. The van der Waals surface area contributed by atoms with E-state index in [1.54, 1.807) is 12.1 Å². The quantitative estimate of drug-likeness (QED) is 0.387. The van der Waals surface area contributed by atoms with E-state index in [-0.39, 0.29) is 5.91 Å². The molecular weight excluding hydrogens is 268 g/mol. The summed E-state index contributed by atoms with van der Waals surface area (Å²) in [6.45, 7) is 9.12. The first-order chi connectivity index (χ1) is 10.1. The van der Waals surface area contributed by atoms with Crippen molar-refractivity contribution in [3.8, 4) is 0 Å². The second-order valence-corrected chi connectivity index (χ2v) is 5.10. The standard InChI is InChI=1S/C15H26N4O2/c1-4-16-15(18-8-7-12(2)3)19-10-9-17-14(20)13-6-5-11-21-13/h5-6,11-12H,4,7-10H2,1-3H3,(H,17,20)(H2,16,18,19). The Bertz CT molecular complexity index is 427. The highest BCUT2D eigenvalue weighted by atomic mass is 16.3. The average Bonchev–Trinajstić information content (AvgIpc) is 2.97. The van der Waals surface area contributed by atoms with Crippen LogP contribution in [-0.2, 0) is 0 Å². The summed E-state index contributed by atoms with van der Waals surface area (Å²) in [6.07, 6.45) is 2.55. The van der Waals surface area contributed by atoms with Crippen molar-refractivity contribution in [3.63, 3.8) is 0 Å². The number of furan rings is 1. The normalized spacial score (nSPS) is 11.5. The second-order valence-electron chi connectivity index (χ2n) is 5.10. The number of hydrogen-bond donors (Lipinski definition) is 3. The minimum absolute atomic E-state index is 0.205. The first-order valence-electron chi connectivity index (χ1n) is 7.47. The third kappa shape index (κ3) is 7.39. The Morgan fingerprint density at radius 1 is 1.29 bits per heavy atom. The summed E-state index contributed by atoms with van der Waals surface area (Å²) in [5.74, 6) is 1.55. The van der Waals surface area contributed by atoms with E-state index in [0.717, 1.165) is 25.5 Å². The van der Waals surface area contributed by atoms with Gasteiger partial charge in [-0.05, 0) is 31.4 Å². The van der Waals surface area contributed by atoms with Crippen LogP contribution in [0.25, 0.3) is 0 Å². The molecule has 0 saturated heterocycles. The van der Waals surface area contributed by atoms with Gasteiger partial charge in [0, 0.05) is 26.2 Å². The predicted octanol–water partition coefficient (Wildman–Crippen LogP) is 1.61. The number of nitrogens with one attached hydrogen (secondary N) is 3. The monoisotopic (exact) mass is 294 g/mol. The Balaban J connectivity index is 2.25. The molecule has 0 saturated carbocycles. The minimum Gasteiger partial charge on any atom is -0.459 e. The molecule has 0 atom stereocenters. The lowest BCUT2D eigenvalue weighted by Crippen LogP contribution is -2.41. The van der Waals surface area contributed by atoms with Gasteiger partial charge in [0.1, 0.15) is 0 Å². The fraction of sp³-hybridized carbons (Fsp3) is 0.600. The van der Waals surface area contributed by atoms with Crippen LogP contribution in [0.15, 0.2) is 27.8 Å². The van der Waals surface area contributed by atoms with Crippen molar-refractivity contribution in [1.82, 2.24) is 16.0 Å². The summed E-state index contributed by atoms with van der Waals surface area (Å²) in [7, 11) is 0. The van der Waals surface area contributed by atoms with E-state index >= 15 is 0 Å². The van der Waals surface area contributed by atoms with Crippen LogP contribution in [0.2, 0.25) is 0 Å². The van der Waals surface area contributed by atoms with Crippen LogP contribution in [-0.4, -0.2) is 38.0 Å². The molecule has 6 heteroatoms. The summed E-state index contributed by atoms with van der Waals surface area (Å²) in [6, 6.07) is 3.33. The zero-order valence-corrected chi connectivity index (χ0v) is 13.1. The SMILES string of the molecule is CCNC(=NCCC(C)C)NCCNC(=O)c1ccco1. The molecule has 0 fully saturated rings. The van der Waals surface area contributed by atoms with E-state index in [4.69, 9.17) is 4.42 Å². The van der Waals surface area contributed by atoms with Crippen molar-refractivity contribution >= 4 is 11.9 Å². The highest BCUT2D eigenvalue weighted by Gasteiger charge is 2.06. The lowest BCUT2D eigenvalue weighted by molar-refractivity contribution is 0.0926. The molecule has 3 N–H and O–H groups in total. The van der Waals surface area contributed by atoms with Gasteiger partial charge in [-0.15, -0.1) is 0 Å². The summed E-state index contributed by atoms with van der Waals surface area (Å²) >= 11 is 0. The largest absolute Gasteiger partial charge is 0.459 e. The van der Waals surface area contributed by atoms with E-state index in [1.807, 2.05) is 6.92 Å². The molecule has 1 heterocycles. The van der Waals surface area contributed by atoms with Crippen molar-refractivity contribution < 1.29 is 9.21 Å². The molecule has 0 bridgehead atoms. The molecule has 1 aromatic heterocycles. The van der Waals surface area contributed by atoms with Gasteiger partial charge >= 0.3 is 0 Å². The smallest absolute Gasteiger partial charge is 0.287 e. The highest BCUT2D eigenvalue weighted by Crippen LogP contribution is 1.99. The van der Waals surface area contributed by atoms with E-state index in [2.05, 4.69) is 34.8 Å². The van der Waals surface area contributed by atoms with Crippen molar-refractivity contribution in [2.24, 2.45) is 10.9 Å². The zero-order valence-electron chi connectivity index (χ0n) is 13.1. The fourth-order valence-corrected chi connectivity index (χ4v) is 1.63. The van der Waals surface area contributed by atoms with Gasteiger partial charge in [-0.2, -0.15) is 0 Å². The Morgan fingerprint density at radius 3 is 2.67 bits per heavy atom. The topological polar surface area (TPSA) is 78.7 Å². The number of aliphatic imine (C=N–C) groups is 1. The molecule has 118 valence electrons. The first-order valence-corrected chi connectivity index (χ1v) is 7.47. The number of guanidine groups is 1. The zero-order chi connectivity index (χ0) is 15.5. The van der Waals surface area contributed by atoms with Gasteiger partial charge in [0.25, 0.3) is 5.91 Å². The molecule has 0 spiro atoms. The molecule has 0 aromatic carbocycles. The molecule has 0 aliphatic carbocycles. The van der Waals surface area contributed by atoms with Crippen LogP contribution >= 0.6 is 0 Å². The Morgan fingerprint density at radius 2 is 2.05 bits per heavy atom. The van der Waals surface area contributed by atoms with E-state index in [1.165, 1.54) is 6.26 Å². The number of carbonyl (C=O) groups is 1. The molecule has 6 nitrogen and oxygen atoms in total. The lowest BCUT2D eigenvalue weighted by Gasteiger charge is -2.12. The fourth-order valence-electron chi connectivity index (χ4n) is 1.63. The number of nitrogens with zero attached hydrogens (tertiary/aromatic N) is 1. The van der Waals surface area contributed by atoms with Gasteiger partial charge < -0.3 is 20.4 Å². The first kappa shape index (κ1) is 17.1. The third-order valence-electron chi connectivity index (χ3n) is 2.77. The van der Waals surface area contributed by atoms with Crippen LogP contribution in [0.1, 0.15) is 37.7 Å². The maximum absolute atomic E-state index is 11.6. The van der Waals surface area contributed by atoms with Gasteiger partial charge in [0.2, 0.25) is 0 Å². The molecule has 0 unspecified atom stereocenters. The molecule has 1 aromatic rings. The lowest BCUT2D eigenvalue weighted by atomic mass is 10.1. The van der Waals surface area contributed by atoms with Crippen molar-refractivity contribution in [2.45, 2.75) is 27.2 Å². The van der Waals surface area contributed by atoms with E-state index < -0.39 is 0 Å². The maximum Gasteiger partial charge on any atom is 0.287 e. The molecule has 0 radical (unpaired) electrons. The van der Waals surface area contributed by atoms with Gasteiger partial charge in [-0.1, -0.05) is 13.8 Å². The van der Waals surface area contributed by atoms with Crippen LogP contribution in [0.3, 0.4) is 0 Å². The Kier molecular flexibility index (Phi) is 8.01. The number of amides is 1. The molecular formula is C15H26N4O2. The highest BCUT2D eigenvalue weighted by molar-refractivity contribution is 5.91. The predicted molar refractivity (Wildman–Crippen MR) is 84.5 cm³/mol. The summed E-state index contributed by atoms with van der Waals surface area (Å²) < 4.78 is 5.02. The molecule has 0 aliphatic heterocycles. The van der Waals surface area contributed by atoms with Gasteiger partial charge in [0.05, 0.1) is 6.26 Å². The molecule has 1 rings (SSSR count). The average molecular weight is 294 g/mol. The Hall–Kier alpha value is -1.98. The van der Waals surface area contributed by atoms with Gasteiger partial charge in [0.15, 0.2) is 11.7 Å². The van der Waals surface area contributed by atoms with Crippen molar-refractivity contribution in [2.75, 3.05) is 26.2 Å². The summed E-state index contributed by atoms with van der Waals surface area (Å²) in [5.41, 5.74) is 0. The van der Waals surface area contributed by atoms with E-state index in [9.17, 15) is 4.79 Å². The maximum atomic E-state index is 11.6. The molecule has 0 aliphatic rings. The molecule has 21 heavy (non-hydrogen) atoms. The minimum atomic E-state index is -0.205. The van der Waals surface area contributed by atoms with Crippen LogP contribution in [0.5, 0.6) is 0 Å². The van der Waals surface area contributed by atoms with Gasteiger partial charge in [-0.25, -0.2) is 0 Å². The van der Waals surface area contributed by atoms with Crippen LogP contribution in [0, 0.1) is 5.92 Å². The summed E-state index contributed by atoms with van der Waals surface area (Å²) in [4.78, 5) is 16.1. The number of hydrogen-bond acceptors (Lipinski definition) is 3. The Labute approximate surface area is 126 Å². The van der Waals surface area contributed by atoms with E-state index in [0.29, 0.717) is 24.8 Å². The number of carbonyl (C=O) groups excluding carboxylic acids is 1. The van der Waals surface area contributed by atoms with Crippen LogP contribution < -0.4 is 16.0 Å².